The van der Waals surface area contributed by atoms with Crippen molar-refractivity contribution in [1.29, 1.82) is 0 Å². The Balaban J connectivity index is 2.00. The molecule has 1 aromatic rings. The fraction of sp³-hybridized carbons (Fsp3) is 0.500. The summed E-state index contributed by atoms with van der Waals surface area (Å²) in [5.74, 6) is -0.219. The lowest BCUT2D eigenvalue weighted by Crippen LogP contribution is -2.47. The molecule has 0 radical (unpaired) electrons. The number of imide groups is 1. The first-order valence-corrected chi connectivity index (χ1v) is 8.52. The van der Waals surface area contributed by atoms with Crippen LogP contribution in [0.5, 0.6) is 0 Å². The molecule has 5 heteroatoms. The molecule has 2 aliphatic rings. The van der Waals surface area contributed by atoms with E-state index in [-0.39, 0.29) is 23.7 Å². The van der Waals surface area contributed by atoms with Crippen LogP contribution in [0.1, 0.15) is 43.6 Å². The Morgan fingerprint density at radius 3 is 2.62 bits per heavy atom. The minimum atomic E-state index is -0.199. The molecule has 1 N–H and O–H groups in total. The zero-order valence-corrected chi connectivity index (χ0v) is 13.9. The fourth-order valence-corrected chi connectivity index (χ4v) is 4.38. The van der Waals surface area contributed by atoms with Crippen LogP contribution in [0.15, 0.2) is 22.7 Å². The van der Waals surface area contributed by atoms with Crippen LogP contribution in [-0.2, 0) is 9.59 Å². The average Bonchev–Trinajstić information content (AvgIpc) is 2.94. The molecule has 2 unspecified atom stereocenters. The lowest BCUT2D eigenvalue weighted by atomic mass is 9.73. The number of carbonyl (C=O) groups excluding carboxylic acids is 2. The molecule has 1 heterocycles. The summed E-state index contributed by atoms with van der Waals surface area (Å²) in [7, 11) is 0. The van der Waals surface area contributed by atoms with Crippen molar-refractivity contribution >= 4 is 39.3 Å². The second kappa shape index (κ2) is 6.09. The smallest absolute Gasteiger partial charge is 0.230 e. The van der Waals surface area contributed by atoms with Crippen molar-refractivity contribution in [3.63, 3.8) is 0 Å². The number of benzene rings is 1. The summed E-state index contributed by atoms with van der Waals surface area (Å²) in [5.41, 5.74) is 0.908. The molecule has 2 amide bonds. The zero-order chi connectivity index (χ0) is 15.0. The standard InChI is InChI=1S/C16H17BrClNO2/c17-10-5-6-13(18)11(7-10)12-8-14(20)19-16(21)15(12)9-3-1-2-4-9/h5-7,9,12,15H,1-4,8H2,(H,19,20,21). The van der Waals surface area contributed by atoms with E-state index in [1.165, 1.54) is 12.8 Å². The van der Waals surface area contributed by atoms with Gasteiger partial charge >= 0.3 is 0 Å². The van der Waals surface area contributed by atoms with Crippen molar-refractivity contribution in [2.45, 2.75) is 38.0 Å². The van der Waals surface area contributed by atoms with E-state index in [0.717, 1.165) is 22.9 Å². The first kappa shape index (κ1) is 15.0. The van der Waals surface area contributed by atoms with Gasteiger partial charge in [0.25, 0.3) is 0 Å². The van der Waals surface area contributed by atoms with Crippen molar-refractivity contribution in [3.05, 3.63) is 33.3 Å². The van der Waals surface area contributed by atoms with Crippen LogP contribution in [0, 0.1) is 11.8 Å². The Labute approximate surface area is 137 Å². The highest BCUT2D eigenvalue weighted by atomic mass is 79.9. The van der Waals surface area contributed by atoms with E-state index < -0.39 is 0 Å². The highest BCUT2D eigenvalue weighted by Crippen LogP contribution is 2.44. The second-order valence-electron chi connectivity index (χ2n) is 5.96. The number of nitrogens with one attached hydrogen (secondary N) is 1. The Hall–Kier alpha value is -0.870. The fourth-order valence-electron chi connectivity index (χ4n) is 3.74. The van der Waals surface area contributed by atoms with Crippen LogP contribution in [0.4, 0.5) is 0 Å². The normalized spacial score (nSPS) is 27.0. The number of rotatable bonds is 2. The highest BCUT2D eigenvalue weighted by Gasteiger charge is 2.42. The van der Waals surface area contributed by atoms with Crippen molar-refractivity contribution in [1.82, 2.24) is 5.32 Å². The lowest BCUT2D eigenvalue weighted by Gasteiger charge is -2.34. The van der Waals surface area contributed by atoms with Gasteiger partial charge in [0.15, 0.2) is 0 Å². The third-order valence-corrected chi connectivity index (χ3v) is 5.51. The minimum Gasteiger partial charge on any atom is -0.296 e. The predicted molar refractivity (Wildman–Crippen MR) is 85.1 cm³/mol. The topological polar surface area (TPSA) is 46.2 Å². The minimum absolute atomic E-state index is 0.112. The molecule has 21 heavy (non-hydrogen) atoms. The molecular formula is C16H17BrClNO2. The summed E-state index contributed by atoms with van der Waals surface area (Å²) in [4.78, 5) is 24.2. The summed E-state index contributed by atoms with van der Waals surface area (Å²) >= 11 is 9.79. The molecule has 1 aliphatic heterocycles. The van der Waals surface area contributed by atoms with E-state index in [1.54, 1.807) is 0 Å². The van der Waals surface area contributed by atoms with Crippen molar-refractivity contribution in [2.24, 2.45) is 11.8 Å². The number of hydrogen-bond donors (Lipinski definition) is 1. The van der Waals surface area contributed by atoms with E-state index in [0.29, 0.717) is 17.4 Å². The Morgan fingerprint density at radius 2 is 1.90 bits per heavy atom. The van der Waals surface area contributed by atoms with Gasteiger partial charge in [0.05, 0.1) is 0 Å². The van der Waals surface area contributed by atoms with Crippen LogP contribution in [0.3, 0.4) is 0 Å². The molecule has 1 aromatic carbocycles. The first-order valence-electron chi connectivity index (χ1n) is 7.35. The van der Waals surface area contributed by atoms with Gasteiger partial charge in [-0.05, 0) is 42.5 Å². The number of halogens is 2. The molecule has 112 valence electrons. The van der Waals surface area contributed by atoms with E-state index in [1.807, 2.05) is 18.2 Å². The Morgan fingerprint density at radius 1 is 1.19 bits per heavy atom. The van der Waals surface area contributed by atoms with E-state index >= 15 is 0 Å². The first-order chi connectivity index (χ1) is 10.1. The zero-order valence-electron chi connectivity index (χ0n) is 11.6. The number of amides is 2. The molecule has 3 nitrogen and oxygen atoms in total. The monoisotopic (exact) mass is 369 g/mol. The molecule has 0 aromatic heterocycles. The SMILES string of the molecule is O=C1CC(c2cc(Br)ccc2Cl)C(C2CCCC2)C(=O)N1. The van der Waals surface area contributed by atoms with E-state index in [4.69, 9.17) is 11.6 Å². The molecular weight excluding hydrogens is 354 g/mol. The molecule has 1 saturated carbocycles. The molecule has 0 spiro atoms. The van der Waals surface area contributed by atoms with Crippen molar-refractivity contribution in [3.8, 4) is 0 Å². The van der Waals surface area contributed by atoms with Crippen LogP contribution in [0.25, 0.3) is 0 Å². The third-order valence-electron chi connectivity index (χ3n) is 4.67. The van der Waals surface area contributed by atoms with E-state index in [9.17, 15) is 9.59 Å². The van der Waals surface area contributed by atoms with Gasteiger partial charge in [-0.2, -0.15) is 0 Å². The molecule has 2 fully saturated rings. The van der Waals surface area contributed by atoms with Gasteiger partial charge < -0.3 is 0 Å². The molecule has 0 bridgehead atoms. The third kappa shape index (κ3) is 3.02. The lowest BCUT2D eigenvalue weighted by molar-refractivity contribution is -0.138. The van der Waals surface area contributed by atoms with Gasteiger partial charge in [-0.3, -0.25) is 14.9 Å². The van der Waals surface area contributed by atoms with Crippen LogP contribution >= 0.6 is 27.5 Å². The summed E-state index contributed by atoms with van der Waals surface area (Å²) in [6.07, 6.45) is 4.80. The summed E-state index contributed by atoms with van der Waals surface area (Å²) in [5, 5.41) is 3.14. The maximum Gasteiger partial charge on any atom is 0.230 e. The van der Waals surface area contributed by atoms with Gasteiger partial charge in [0.2, 0.25) is 11.8 Å². The molecule has 3 rings (SSSR count). The van der Waals surface area contributed by atoms with Crippen molar-refractivity contribution < 1.29 is 9.59 Å². The quantitative estimate of drug-likeness (QED) is 0.799. The van der Waals surface area contributed by atoms with Crippen molar-refractivity contribution in [2.75, 3.05) is 0 Å². The largest absolute Gasteiger partial charge is 0.296 e. The molecule has 2 atom stereocenters. The van der Waals surface area contributed by atoms with Gasteiger partial charge in [-0.25, -0.2) is 0 Å². The average molecular weight is 371 g/mol. The Bertz CT molecular complexity index is 584. The van der Waals surface area contributed by atoms with Gasteiger partial charge in [0.1, 0.15) is 0 Å². The molecule has 1 aliphatic carbocycles. The van der Waals surface area contributed by atoms with Gasteiger partial charge in [0, 0.05) is 27.8 Å². The Kier molecular flexibility index (Phi) is 4.36. The number of hydrogen-bond acceptors (Lipinski definition) is 2. The summed E-state index contributed by atoms with van der Waals surface area (Å²) in [6.45, 7) is 0. The van der Waals surface area contributed by atoms with E-state index in [2.05, 4.69) is 21.2 Å². The summed E-state index contributed by atoms with van der Waals surface area (Å²) < 4.78 is 0.922. The summed E-state index contributed by atoms with van der Waals surface area (Å²) in [6, 6.07) is 5.64. The van der Waals surface area contributed by atoms with Crippen LogP contribution < -0.4 is 5.32 Å². The number of carbonyl (C=O) groups is 2. The maximum absolute atomic E-state index is 12.4. The molecule has 1 saturated heterocycles. The highest BCUT2D eigenvalue weighted by molar-refractivity contribution is 9.10. The van der Waals surface area contributed by atoms with Gasteiger partial charge in [-0.15, -0.1) is 0 Å². The van der Waals surface area contributed by atoms with Crippen LogP contribution in [-0.4, -0.2) is 11.8 Å². The second-order valence-corrected chi connectivity index (χ2v) is 7.28. The van der Waals surface area contributed by atoms with Crippen LogP contribution in [0.2, 0.25) is 5.02 Å². The predicted octanol–water partition coefficient (Wildman–Crippen LogP) is 4.04. The number of piperidine rings is 1. The maximum atomic E-state index is 12.4. The van der Waals surface area contributed by atoms with Gasteiger partial charge in [-0.1, -0.05) is 40.4 Å².